The van der Waals surface area contributed by atoms with E-state index < -0.39 is 20.5 Å². The molecular weight excluding hydrogens is 387 g/mol. The van der Waals surface area contributed by atoms with Crippen LogP contribution in [0.3, 0.4) is 0 Å². The Kier molecular flexibility index (Phi) is 6.25. The largest absolute Gasteiger partial charge is 0.492 e. The van der Waals surface area contributed by atoms with E-state index in [-0.39, 0.29) is 31.3 Å². The molecule has 1 unspecified atom stereocenters. The highest BCUT2D eigenvalue weighted by Crippen LogP contribution is 2.38. The topological polar surface area (TPSA) is 84.5 Å². The SMILES string of the molecule is CS(=O)(=O)C1(C(=O)NC2CCOc3c(Cl)cccc32)CCNCC1.Cl. The van der Waals surface area contributed by atoms with Crippen molar-refractivity contribution in [2.24, 2.45) is 0 Å². The predicted octanol–water partition coefficient (Wildman–Crippen LogP) is 1.87. The van der Waals surface area contributed by atoms with E-state index in [0.29, 0.717) is 36.9 Å². The number of fused-ring (bicyclic) bond motifs is 1. The third-order valence-electron chi connectivity index (χ3n) is 4.87. The van der Waals surface area contributed by atoms with E-state index in [1.807, 2.05) is 6.07 Å². The molecule has 2 aliphatic heterocycles. The third-order valence-corrected chi connectivity index (χ3v) is 7.18. The molecule has 0 spiro atoms. The number of hydrogen-bond acceptors (Lipinski definition) is 5. The molecule has 1 aromatic rings. The first kappa shape index (κ1) is 20.3. The molecule has 1 fully saturated rings. The Morgan fingerprint density at radius 2 is 2.04 bits per heavy atom. The molecular formula is C16H22Cl2N2O4S. The zero-order chi connectivity index (χ0) is 17.4. The second-order valence-electron chi connectivity index (χ2n) is 6.34. The summed E-state index contributed by atoms with van der Waals surface area (Å²) < 4.78 is 28.9. The number of amides is 1. The van der Waals surface area contributed by atoms with Gasteiger partial charge in [0.25, 0.3) is 0 Å². The van der Waals surface area contributed by atoms with Crippen LogP contribution in [0.25, 0.3) is 0 Å². The first-order valence-electron chi connectivity index (χ1n) is 7.98. The molecule has 0 bridgehead atoms. The maximum atomic E-state index is 12.9. The quantitative estimate of drug-likeness (QED) is 0.797. The van der Waals surface area contributed by atoms with E-state index in [1.165, 1.54) is 0 Å². The summed E-state index contributed by atoms with van der Waals surface area (Å²) >= 11 is 6.15. The van der Waals surface area contributed by atoms with Gasteiger partial charge >= 0.3 is 0 Å². The number of hydrogen-bond donors (Lipinski definition) is 2. The van der Waals surface area contributed by atoms with Crippen molar-refractivity contribution in [3.05, 3.63) is 28.8 Å². The second-order valence-corrected chi connectivity index (χ2v) is 9.07. The van der Waals surface area contributed by atoms with Crippen molar-refractivity contribution in [2.45, 2.75) is 30.1 Å². The first-order valence-corrected chi connectivity index (χ1v) is 10.2. The summed E-state index contributed by atoms with van der Waals surface area (Å²) in [5.74, 6) is 0.138. The van der Waals surface area contributed by atoms with E-state index in [2.05, 4.69) is 10.6 Å². The normalized spacial score (nSPS) is 22.1. The maximum absolute atomic E-state index is 12.9. The van der Waals surface area contributed by atoms with E-state index in [4.69, 9.17) is 16.3 Å². The lowest BCUT2D eigenvalue weighted by atomic mass is 9.94. The van der Waals surface area contributed by atoms with Crippen LogP contribution in [0.15, 0.2) is 18.2 Å². The van der Waals surface area contributed by atoms with Crippen molar-refractivity contribution in [1.29, 1.82) is 0 Å². The third kappa shape index (κ3) is 3.74. The van der Waals surface area contributed by atoms with Crippen LogP contribution in [-0.4, -0.2) is 45.0 Å². The van der Waals surface area contributed by atoms with Crippen molar-refractivity contribution < 1.29 is 17.9 Å². The summed E-state index contributed by atoms with van der Waals surface area (Å²) in [5.41, 5.74) is 0.791. The van der Waals surface area contributed by atoms with E-state index in [9.17, 15) is 13.2 Å². The fourth-order valence-corrected chi connectivity index (χ4v) is 5.00. The average Bonchev–Trinajstić information content (AvgIpc) is 2.55. The monoisotopic (exact) mass is 408 g/mol. The molecule has 0 radical (unpaired) electrons. The van der Waals surface area contributed by atoms with Crippen LogP contribution in [0.4, 0.5) is 0 Å². The fraction of sp³-hybridized carbons (Fsp3) is 0.562. The molecule has 0 saturated carbocycles. The zero-order valence-electron chi connectivity index (χ0n) is 13.9. The number of carbonyl (C=O) groups excluding carboxylic acids is 1. The molecule has 1 aromatic carbocycles. The number of carbonyl (C=O) groups is 1. The van der Waals surface area contributed by atoms with Gasteiger partial charge < -0.3 is 15.4 Å². The minimum Gasteiger partial charge on any atom is -0.492 e. The smallest absolute Gasteiger partial charge is 0.242 e. The molecule has 1 saturated heterocycles. The molecule has 1 atom stereocenters. The Morgan fingerprint density at radius 3 is 2.68 bits per heavy atom. The number of sulfone groups is 1. The first-order chi connectivity index (χ1) is 11.3. The van der Waals surface area contributed by atoms with Gasteiger partial charge in [0, 0.05) is 18.2 Å². The average molecular weight is 409 g/mol. The number of piperidine rings is 1. The van der Waals surface area contributed by atoms with Gasteiger partial charge in [-0.2, -0.15) is 0 Å². The highest BCUT2D eigenvalue weighted by atomic mass is 35.5. The highest BCUT2D eigenvalue weighted by Gasteiger charge is 2.49. The minimum atomic E-state index is -3.53. The summed E-state index contributed by atoms with van der Waals surface area (Å²) in [6, 6.07) is 5.08. The number of nitrogens with one attached hydrogen (secondary N) is 2. The number of halogens is 2. The second kappa shape index (κ2) is 7.70. The number of para-hydroxylation sites is 1. The fourth-order valence-electron chi connectivity index (χ4n) is 3.42. The van der Waals surface area contributed by atoms with Crippen LogP contribution >= 0.6 is 24.0 Å². The molecule has 3 rings (SSSR count). The van der Waals surface area contributed by atoms with Crippen LogP contribution < -0.4 is 15.4 Å². The van der Waals surface area contributed by atoms with E-state index >= 15 is 0 Å². The van der Waals surface area contributed by atoms with Crippen molar-refractivity contribution >= 4 is 39.8 Å². The molecule has 0 aliphatic carbocycles. The summed E-state index contributed by atoms with van der Waals surface area (Å²) in [4.78, 5) is 12.9. The van der Waals surface area contributed by atoms with Gasteiger partial charge in [-0.15, -0.1) is 12.4 Å². The Balaban J connectivity index is 0.00000225. The van der Waals surface area contributed by atoms with Gasteiger partial charge in [-0.1, -0.05) is 23.7 Å². The van der Waals surface area contributed by atoms with Crippen LogP contribution in [-0.2, 0) is 14.6 Å². The van der Waals surface area contributed by atoms with Gasteiger partial charge in [-0.05, 0) is 32.0 Å². The van der Waals surface area contributed by atoms with Crippen molar-refractivity contribution in [1.82, 2.24) is 10.6 Å². The Bertz CT molecular complexity index is 749. The van der Waals surface area contributed by atoms with Crippen molar-refractivity contribution in [3.8, 4) is 5.75 Å². The lowest BCUT2D eigenvalue weighted by Crippen LogP contribution is -2.57. The van der Waals surface area contributed by atoms with Gasteiger partial charge in [-0.3, -0.25) is 4.79 Å². The summed E-state index contributed by atoms with van der Waals surface area (Å²) in [7, 11) is -3.53. The highest BCUT2D eigenvalue weighted by molar-refractivity contribution is 7.92. The number of benzene rings is 1. The molecule has 0 aromatic heterocycles. The number of ether oxygens (including phenoxy) is 1. The molecule has 2 aliphatic rings. The molecule has 6 nitrogen and oxygen atoms in total. The summed E-state index contributed by atoms with van der Waals surface area (Å²) in [6.07, 6.45) is 2.29. The molecule has 1 amide bonds. The zero-order valence-corrected chi connectivity index (χ0v) is 16.3. The van der Waals surface area contributed by atoms with Gasteiger partial charge in [-0.25, -0.2) is 8.42 Å². The molecule has 2 N–H and O–H groups in total. The lowest BCUT2D eigenvalue weighted by molar-refractivity contribution is -0.125. The Morgan fingerprint density at radius 1 is 1.36 bits per heavy atom. The predicted molar refractivity (Wildman–Crippen MR) is 99.4 cm³/mol. The van der Waals surface area contributed by atoms with E-state index in [0.717, 1.165) is 11.8 Å². The molecule has 2 heterocycles. The molecule has 9 heteroatoms. The van der Waals surface area contributed by atoms with Crippen molar-refractivity contribution in [3.63, 3.8) is 0 Å². The molecule has 25 heavy (non-hydrogen) atoms. The Labute approximate surface area is 159 Å². The van der Waals surface area contributed by atoms with Crippen LogP contribution in [0.2, 0.25) is 5.02 Å². The van der Waals surface area contributed by atoms with E-state index in [1.54, 1.807) is 12.1 Å². The minimum absolute atomic E-state index is 0. The van der Waals surface area contributed by atoms with Gasteiger partial charge in [0.2, 0.25) is 5.91 Å². The summed E-state index contributed by atoms with van der Waals surface area (Å²) in [6.45, 7) is 1.45. The standard InChI is InChI=1S/C16H21ClN2O4S.ClH/c1-24(21,22)16(6-8-18-9-7-16)15(20)19-13-5-10-23-14-11(13)3-2-4-12(14)17;/h2-4,13,18H,5-10H2,1H3,(H,19,20);1H. The Hall–Kier alpha value is -1.02. The van der Waals surface area contributed by atoms with Gasteiger partial charge in [0.05, 0.1) is 17.7 Å². The molecule has 140 valence electrons. The van der Waals surface area contributed by atoms with Crippen molar-refractivity contribution in [2.75, 3.05) is 26.0 Å². The summed E-state index contributed by atoms with van der Waals surface area (Å²) in [5, 5.41) is 6.54. The van der Waals surface area contributed by atoms with Gasteiger partial charge in [0.1, 0.15) is 5.75 Å². The number of rotatable bonds is 3. The van der Waals surface area contributed by atoms with Gasteiger partial charge in [0.15, 0.2) is 14.6 Å². The van der Waals surface area contributed by atoms with Crippen LogP contribution in [0, 0.1) is 0 Å². The van der Waals surface area contributed by atoms with Crippen LogP contribution in [0.1, 0.15) is 30.9 Å². The van der Waals surface area contributed by atoms with Crippen LogP contribution in [0.5, 0.6) is 5.75 Å². The maximum Gasteiger partial charge on any atom is 0.242 e. The lowest BCUT2D eigenvalue weighted by Gasteiger charge is -2.36.